The maximum absolute atomic E-state index is 14.8. The van der Waals surface area contributed by atoms with Crippen molar-refractivity contribution in [1.82, 2.24) is 0 Å². The summed E-state index contributed by atoms with van der Waals surface area (Å²) < 4.78 is 48.8. The van der Waals surface area contributed by atoms with Crippen LogP contribution < -0.4 is 4.74 Å². The Balaban J connectivity index is 1.52. The topological polar surface area (TPSA) is 9.23 Å². The highest BCUT2D eigenvalue weighted by Gasteiger charge is 2.26. The van der Waals surface area contributed by atoms with Crippen LogP contribution in [0.2, 0.25) is 0 Å². The van der Waals surface area contributed by atoms with E-state index >= 15 is 0 Å². The molecule has 0 radical (unpaired) electrons. The van der Waals surface area contributed by atoms with Gasteiger partial charge in [-0.1, -0.05) is 63.0 Å². The molecular weight excluding hydrogens is 409 g/mol. The fraction of sp³-hybridized carbons (Fsp3) is 0.500. The molecule has 174 valence electrons. The molecule has 0 saturated heterocycles. The Kier molecular flexibility index (Phi) is 9.25. The lowest BCUT2D eigenvalue weighted by atomic mass is 9.78. The van der Waals surface area contributed by atoms with E-state index in [1.54, 1.807) is 18.2 Å². The minimum absolute atomic E-state index is 0.00774. The summed E-state index contributed by atoms with van der Waals surface area (Å²) in [4.78, 5) is 0. The van der Waals surface area contributed by atoms with Gasteiger partial charge in [0.15, 0.2) is 11.6 Å². The van der Waals surface area contributed by atoms with E-state index in [-0.39, 0.29) is 17.5 Å². The monoisotopic (exact) mass is 444 g/mol. The third kappa shape index (κ3) is 6.63. The van der Waals surface area contributed by atoms with Gasteiger partial charge in [0, 0.05) is 5.56 Å². The van der Waals surface area contributed by atoms with Crippen molar-refractivity contribution in [2.45, 2.75) is 77.6 Å². The summed E-state index contributed by atoms with van der Waals surface area (Å²) in [6, 6.07) is 8.49. The predicted molar refractivity (Wildman–Crippen MR) is 125 cm³/mol. The van der Waals surface area contributed by atoms with E-state index in [4.69, 9.17) is 4.74 Å². The minimum atomic E-state index is -0.868. The molecule has 1 nitrogen and oxygen atoms in total. The Bertz CT molecular complexity index is 898. The van der Waals surface area contributed by atoms with Crippen molar-refractivity contribution in [2.24, 2.45) is 5.92 Å². The average molecular weight is 445 g/mol. The molecule has 2 aromatic rings. The third-order valence-electron chi connectivity index (χ3n) is 6.50. The Morgan fingerprint density at radius 2 is 1.66 bits per heavy atom. The van der Waals surface area contributed by atoms with Crippen LogP contribution in [0, 0.1) is 30.3 Å². The molecule has 3 rings (SSSR count). The van der Waals surface area contributed by atoms with E-state index in [0.29, 0.717) is 23.7 Å². The van der Waals surface area contributed by atoms with Crippen LogP contribution in [0.4, 0.5) is 13.2 Å². The zero-order chi connectivity index (χ0) is 22.9. The number of allylic oxidation sites excluding steroid dienone is 1. The first-order chi connectivity index (χ1) is 15.5. The summed E-state index contributed by atoms with van der Waals surface area (Å²) in [6.45, 7) is 4.44. The van der Waals surface area contributed by atoms with Crippen LogP contribution in [0.15, 0.2) is 36.4 Å². The smallest absolute Gasteiger partial charge is 0.200 e. The van der Waals surface area contributed by atoms with Crippen LogP contribution in [0.5, 0.6) is 5.75 Å². The van der Waals surface area contributed by atoms with Crippen molar-refractivity contribution in [3.8, 4) is 5.75 Å². The minimum Gasteiger partial charge on any atom is -0.490 e. The standard InChI is InChI=1S/C28H35F3O/c1-3-4-5-6-7-18-32-26-17-16-24(27(30)28(26)31)22-13-9-21(10-14-22)11-15-23-12-8-20(2)19-25(23)29/h8,11-12,15-17,19,21-22H,3-7,9-10,13-14,18H2,1-2H3/b15-11+. The maximum atomic E-state index is 14.8. The summed E-state index contributed by atoms with van der Waals surface area (Å²) >= 11 is 0. The number of unbranched alkanes of at least 4 members (excludes halogenated alkanes) is 4. The first kappa shape index (κ1) is 24.4. The van der Waals surface area contributed by atoms with Gasteiger partial charge in [-0.15, -0.1) is 0 Å². The van der Waals surface area contributed by atoms with Gasteiger partial charge in [0.25, 0.3) is 0 Å². The molecule has 0 aromatic heterocycles. The van der Waals surface area contributed by atoms with Crippen molar-refractivity contribution >= 4 is 6.08 Å². The molecule has 0 unspecified atom stereocenters. The second-order valence-electron chi connectivity index (χ2n) is 9.04. The second kappa shape index (κ2) is 12.1. The summed E-state index contributed by atoms with van der Waals surface area (Å²) in [5.74, 6) is -1.50. The molecular formula is C28H35F3O. The van der Waals surface area contributed by atoms with Crippen molar-refractivity contribution in [1.29, 1.82) is 0 Å². The second-order valence-corrected chi connectivity index (χ2v) is 9.04. The van der Waals surface area contributed by atoms with Crippen LogP contribution in [-0.4, -0.2) is 6.61 Å². The first-order valence-corrected chi connectivity index (χ1v) is 12.0. The quantitative estimate of drug-likeness (QED) is 0.333. The van der Waals surface area contributed by atoms with Crippen molar-refractivity contribution < 1.29 is 17.9 Å². The van der Waals surface area contributed by atoms with Crippen molar-refractivity contribution in [3.63, 3.8) is 0 Å². The number of rotatable bonds is 10. The summed E-state index contributed by atoms with van der Waals surface area (Å²) in [7, 11) is 0. The molecule has 1 saturated carbocycles. The summed E-state index contributed by atoms with van der Waals surface area (Å²) in [5, 5.41) is 0. The van der Waals surface area contributed by atoms with Gasteiger partial charge in [0.05, 0.1) is 6.61 Å². The zero-order valence-electron chi connectivity index (χ0n) is 19.3. The van der Waals surface area contributed by atoms with E-state index < -0.39 is 11.6 Å². The Labute approximate surface area is 190 Å². The van der Waals surface area contributed by atoms with E-state index in [2.05, 4.69) is 13.0 Å². The number of ether oxygens (including phenoxy) is 1. The van der Waals surface area contributed by atoms with Gasteiger partial charge in [-0.05, 0) is 74.1 Å². The fourth-order valence-electron chi connectivity index (χ4n) is 4.49. The largest absolute Gasteiger partial charge is 0.490 e. The molecule has 0 spiro atoms. The van der Waals surface area contributed by atoms with Gasteiger partial charge in [-0.3, -0.25) is 0 Å². The number of aryl methyl sites for hydroxylation is 1. The highest BCUT2D eigenvalue weighted by molar-refractivity contribution is 5.51. The van der Waals surface area contributed by atoms with Gasteiger partial charge >= 0.3 is 0 Å². The molecule has 2 aromatic carbocycles. The van der Waals surface area contributed by atoms with Gasteiger partial charge < -0.3 is 4.74 Å². The fourth-order valence-corrected chi connectivity index (χ4v) is 4.49. The lowest BCUT2D eigenvalue weighted by Gasteiger charge is -2.27. The van der Waals surface area contributed by atoms with Crippen LogP contribution in [0.25, 0.3) is 6.08 Å². The Hall–Kier alpha value is -2.23. The molecule has 0 atom stereocenters. The van der Waals surface area contributed by atoms with E-state index in [1.807, 2.05) is 19.1 Å². The van der Waals surface area contributed by atoms with E-state index in [0.717, 1.165) is 50.5 Å². The van der Waals surface area contributed by atoms with Crippen LogP contribution in [0.1, 0.15) is 87.3 Å². The molecule has 1 aliphatic rings. The zero-order valence-corrected chi connectivity index (χ0v) is 19.3. The lowest BCUT2D eigenvalue weighted by molar-refractivity contribution is 0.283. The number of halogens is 3. The number of hydrogen-bond acceptors (Lipinski definition) is 1. The molecule has 1 fully saturated rings. The molecule has 0 aliphatic heterocycles. The highest BCUT2D eigenvalue weighted by atomic mass is 19.2. The van der Waals surface area contributed by atoms with Gasteiger partial charge in [-0.2, -0.15) is 4.39 Å². The van der Waals surface area contributed by atoms with Gasteiger partial charge in [0.2, 0.25) is 5.82 Å². The first-order valence-electron chi connectivity index (χ1n) is 12.0. The number of hydrogen-bond donors (Lipinski definition) is 0. The number of benzene rings is 2. The molecule has 4 heteroatoms. The van der Waals surface area contributed by atoms with Crippen molar-refractivity contribution in [3.05, 3.63) is 70.5 Å². The Morgan fingerprint density at radius 3 is 2.38 bits per heavy atom. The van der Waals surface area contributed by atoms with Crippen LogP contribution >= 0.6 is 0 Å². The SMILES string of the molecule is CCCCCCCOc1ccc(C2CCC(/C=C/c3ccc(C)cc3F)CC2)c(F)c1F. The summed E-state index contributed by atoms with van der Waals surface area (Å²) in [5.41, 5.74) is 1.94. The molecule has 0 heterocycles. The normalized spacial score (nSPS) is 18.9. The molecule has 1 aliphatic carbocycles. The van der Waals surface area contributed by atoms with Gasteiger partial charge in [-0.25, -0.2) is 8.78 Å². The third-order valence-corrected chi connectivity index (χ3v) is 6.50. The highest BCUT2D eigenvalue weighted by Crippen LogP contribution is 2.39. The molecule has 32 heavy (non-hydrogen) atoms. The van der Waals surface area contributed by atoms with Crippen LogP contribution in [0.3, 0.4) is 0 Å². The Morgan fingerprint density at radius 1 is 0.906 bits per heavy atom. The average Bonchev–Trinajstić information content (AvgIpc) is 2.79. The molecule has 0 amide bonds. The molecule has 0 bridgehead atoms. The summed E-state index contributed by atoms with van der Waals surface area (Å²) in [6.07, 6.45) is 12.7. The molecule has 0 N–H and O–H groups in total. The van der Waals surface area contributed by atoms with E-state index in [1.165, 1.54) is 18.9 Å². The lowest BCUT2D eigenvalue weighted by Crippen LogP contribution is -2.14. The van der Waals surface area contributed by atoms with E-state index in [9.17, 15) is 13.2 Å². The maximum Gasteiger partial charge on any atom is 0.200 e. The van der Waals surface area contributed by atoms with Crippen LogP contribution in [-0.2, 0) is 0 Å². The van der Waals surface area contributed by atoms with Crippen molar-refractivity contribution in [2.75, 3.05) is 6.61 Å². The van der Waals surface area contributed by atoms with Gasteiger partial charge in [0.1, 0.15) is 5.82 Å². The predicted octanol–water partition coefficient (Wildman–Crippen LogP) is 8.75.